The highest BCUT2D eigenvalue weighted by Gasteiger charge is 2.53. The fraction of sp³-hybridized carbons (Fsp3) is 0.383. The Morgan fingerprint density at radius 2 is 1.10 bits per heavy atom. The van der Waals surface area contributed by atoms with Crippen molar-refractivity contribution in [3.8, 4) is 5.88 Å². The van der Waals surface area contributed by atoms with E-state index in [1.54, 1.807) is 7.11 Å². The number of anilines is 1. The fourth-order valence-corrected chi connectivity index (χ4v) is 18.6. The van der Waals surface area contributed by atoms with E-state index < -0.39 is 16.6 Å². The molecule has 0 saturated heterocycles. The summed E-state index contributed by atoms with van der Waals surface area (Å²) in [6.07, 6.45) is 3.74. The molecule has 0 bridgehead atoms. The molecule has 0 spiro atoms. The molecule has 58 heavy (non-hydrogen) atoms. The van der Waals surface area contributed by atoms with Crippen molar-refractivity contribution in [3.63, 3.8) is 0 Å². The van der Waals surface area contributed by atoms with Gasteiger partial charge in [-0.3, -0.25) is 0 Å². The summed E-state index contributed by atoms with van der Waals surface area (Å²) in [7, 11) is -4.06. The van der Waals surface area contributed by atoms with Gasteiger partial charge in [0.05, 0.1) is 12.9 Å². The minimum Gasteiger partial charge on any atom is -0.474 e. The van der Waals surface area contributed by atoms with Gasteiger partial charge in [0.25, 0.3) is 16.6 Å². The molecule has 9 nitrogen and oxygen atoms in total. The van der Waals surface area contributed by atoms with Crippen molar-refractivity contribution < 1.29 is 18.3 Å². The van der Waals surface area contributed by atoms with Gasteiger partial charge in [-0.1, -0.05) is 163 Å². The number of ether oxygens (including phenoxy) is 2. The van der Waals surface area contributed by atoms with Crippen LogP contribution in [-0.4, -0.2) is 69.7 Å². The molecule has 2 N–H and O–H groups in total. The minimum absolute atomic E-state index is 0.0112. The third-order valence-electron chi connectivity index (χ3n) is 12.1. The predicted octanol–water partition coefficient (Wildman–Crippen LogP) is 7.15. The standard InChI is InChI=1S/C47H59N5O4Si2/c1-46(2,3)57(36-20-12-8-13-21-36,37-22-14-9-15-23-37)55-32-35-28-29-41(52-34-49-42-43(52)50-45(48)51-44(42)54-31-30-53-7)40(35)33-56-58(47(4,5)6,38-24-16-10-17-25-38)39-26-18-11-19-27-39/h8-27,34-35,40-41H,28-33H2,1-7H3,(H2,48,50,51)/t35-,40-,41-/m1/s1. The zero-order valence-electron chi connectivity index (χ0n) is 35.1. The summed E-state index contributed by atoms with van der Waals surface area (Å²) >= 11 is 0. The van der Waals surface area contributed by atoms with Crippen molar-refractivity contribution >= 4 is 54.5 Å². The Bertz CT molecular complexity index is 2150. The third-order valence-corrected chi connectivity index (χ3v) is 22.1. The van der Waals surface area contributed by atoms with E-state index >= 15 is 0 Å². The van der Waals surface area contributed by atoms with Crippen molar-refractivity contribution in [3.05, 3.63) is 128 Å². The molecule has 0 radical (unpaired) electrons. The van der Waals surface area contributed by atoms with Crippen LogP contribution in [0.15, 0.2) is 128 Å². The van der Waals surface area contributed by atoms with E-state index in [1.807, 2.05) is 6.33 Å². The molecule has 1 saturated carbocycles. The number of nitrogens with zero attached hydrogens (tertiary/aromatic N) is 4. The van der Waals surface area contributed by atoms with Crippen LogP contribution in [0.5, 0.6) is 5.88 Å². The molecule has 3 atom stereocenters. The number of benzene rings is 4. The first kappa shape index (κ1) is 41.5. The van der Waals surface area contributed by atoms with Crippen molar-refractivity contribution in [2.24, 2.45) is 11.8 Å². The summed E-state index contributed by atoms with van der Waals surface area (Å²) in [6, 6.07) is 43.6. The van der Waals surface area contributed by atoms with Gasteiger partial charge in [-0.25, -0.2) is 4.98 Å². The van der Waals surface area contributed by atoms with Crippen molar-refractivity contribution in [2.75, 3.05) is 39.3 Å². The van der Waals surface area contributed by atoms with Crippen LogP contribution in [0.4, 0.5) is 5.95 Å². The topological polar surface area (TPSA) is 107 Å². The van der Waals surface area contributed by atoms with Gasteiger partial charge in [-0.15, -0.1) is 0 Å². The molecular weight excluding hydrogens is 755 g/mol. The largest absolute Gasteiger partial charge is 0.474 e. The summed E-state index contributed by atoms with van der Waals surface area (Å²) in [5, 5.41) is 4.74. The van der Waals surface area contributed by atoms with E-state index in [9.17, 15) is 0 Å². The molecular formula is C47H59N5O4Si2. The summed E-state index contributed by atoms with van der Waals surface area (Å²) in [6.45, 7) is 15.9. The Kier molecular flexibility index (Phi) is 12.4. The second-order valence-electron chi connectivity index (χ2n) is 17.6. The molecule has 7 rings (SSSR count). The Labute approximate surface area is 346 Å². The van der Waals surface area contributed by atoms with Crippen molar-refractivity contribution in [2.45, 2.75) is 70.5 Å². The number of hydrogen-bond acceptors (Lipinski definition) is 8. The number of fused-ring (bicyclic) bond motifs is 1. The Morgan fingerprint density at radius 3 is 1.55 bits per heavy atom. The zero-order valence-corrected chi connectivity index (χ0v) is 37.1. The van der Waals surface area contributed by atoms with Crippen LogP contribution in [0.25, 0.3) is 11.2 Å². The Morgan fingerprint density at radius 1 is 0.638 bits per heavy atom. The van der Waals surface area contributed by atoms with Crippen LogP contribution >= 0.6 is 0 Å². The lowest BCUT2D eigenvalue weighted by atomic mass is 9.95. The maximum Gasteiger partial charge on any atom is 0.261 e. The third kappa shape index (κ3) is 7.90. The van der Waals surface area contributed by atoms with Crippen LogP contribution < -0.4 is 31.2 Å². The van der Waals surface area contributed by atoms with Crippen LogP contribution in [0.2, 0.25) is 10.1 Å². The minimum atomic E-state index is -2.88. The van der Waals surface area contributed by atoms with E-state index in [2.05, 4.69) is 172 Å². The number of nitrogen functional groups attached to an aromatic ring is 1. The average molecular weight is 814 g/mol. The lowest BCUT2D eigenvalue weighted by Gasteiger charge is -2.45. The second-order valence-corrected chi connectivity index (χ2v) is 26.2. The molecule has 0 unspecified atom stereocenters. The zero-order chi connectivity index (χ0) is 41.0. The van der Waals surface area contributed by atoms with Crippen LogP contribution in [-0.2, 0) is 13.6 Å². The van der Waals surface area contributed by atoms with Crippen molar-refractivity contribution in [1.29, 1.82) is 0 Å². The van der Waals surface area contributed by atoms with Gasteiger partial charge in [-0.2, -0.15) is 9.97 Å². The maximum absolute atomic E-state index is 7.77. The molecule has 1 fully saturated rings. The van der Waals surface area contributed by atoms with E-state index in [0.29, 0.717) is 43.5 Å². The Hall–Kier alpha value is -4.66. The van der Waals surface area contributed by atoms with Crippen LogP contribution in [0.3, 0.4) is 0 Å². The first-order valence-electron chi connectivity index (χ1n) is 20.5. The first-order chi connectivity index (χ1) is 27.9. The normalized spacial score (nSPS) is 17.8. The molecule has 0 amide bonds. The molecule has 304 valence electrons. The summed E-state index contributed by atoms with van der Waals surface area (Å²) in [4.78, 5) is 14.0. The second kappa shape index (κ2) is 17.3. The number of aromatic nitrogens is 4. The highest BCUT2D eigenvalue weighted by Crippen LogP contribution is 2.46. The van der Waals surface area contributed by atoms with Crippen LogP contribution in [0.1, 0.15) is 60.4 Å². The Balaban J connectivity index is 1.33. The SMILES string of the molecule is COCCOc1nc(N)nc2c1ncn2[C@@H]1CC[C@H](CO[Si](c2ccccc2)(c2ccccc2)C(C)(C)C)[C@H]1CO[Si](c1ccccc1)(c1ccccc1)C(C)(C)C. The monoisotopic (exact) mass is 813 g/mol. The van der Waals surface area contributed by atoms with E-state index in [0.717, 1.165) is 12.8 Å². The molecule has 11 heteroatoms. The van der Waals surface area contributed by atoms with E-state index in [1.165, 1.54) is 20.7 Å². The lowest BCUT2D eigenvalue weighted by molar-refractivity contribution is 0.132. The summed E-state index contributed by atoms with van der Waals surface area (Å²) in [5.74, 6) is 0.750. The maximum atomic E-state index is 7.77. The molecule has 1 aliphatic rings. The average Bonchev–Trinajstić information content (AvgIpc) is 3.82. The summed E-state index contributed by atoms with van der Waals surface area (Å²) < 4.78 is 28.9. The molecule has 0 aliphatic heterocycles. The molecule has 1 aliphatic carbocycles. The van der Waals surface area contributed by atoms with Gasteiger partial charge in [0.1, 0.15) is 6.61 Å². The highest BCUT2D eigenvalue weighted by atomic mass is 28.4. The molecule has 4 aromatic carbocycles. The molecule has 2 aromatic heterocycles. The first-order valence-corrected chi connectivity index (χ1v) is 24.3. The summed E-state index contributed by atoms with van der Waals surface area (Å²) in [5.41, 5.74) is 7.60. The number of nitrogens with two attached hydrogens (primary N) is 1. The van der Waals surface area contributed by atoms with Gasteiger partial charge in [-0.05, 0) is 49.6 Å². The number of methoxy groups -OCH3 is 1. The molecule has 2 heterocycles. The smallest absolute Gasteiger partial charge is 0.261 e. The van der Waals surface area contributed by atoms with Gasteiger partial charge in [0.2, 0.25) is 11.8 Å². The van der Waals surface area contributed by atoms with Crippen molar-refractivity contribution in [1.82, 2.24) is 19.5 Å². The fourth-order valence-electron chi connectivity index (χ4n) is 9.37. The molecule has 6 aromatic rings. The van der Waals surface area contributed by atoms with E-state index in [-0.39, 0.29) is 33.9 Å². The van der Waals surface area contributed by atoms with Gasteiger partial charge >= 0.3 is 0 Å². The van der Waals surface area contributed by atoms with Crippen LogP contribution in [0, 0.1) is 11.8 Å². The number of hydrogen-bond donors (Lipinski definition) is 1. The van der Waals surface area contributed by atoms with E-state index in [4.69, 9.17) is 34.0 Å². The van der Waals surface area contributed by atoms with Gasteiger partial charge in [0.15, 0.2) is 11.2 Å². The predicted molar refractivity (Wildman–Crippen MR) is 240 cm³/mol. The van der Waals surface area contributed by atoms with Gasteiger partial charge < -0.3 is 28.6 Å². The van der Waals surface area contributed by atoms with Gasteiger partial charge in [0, 0.05) is 32.3 Å². The highest BCUT2D eigenvalue weighted by molar-refractivity contribution is 7.00. The lowest BCUT2D eigenvalue weighted by Crippen LogP contribution is -2.67. The number of imidazole rings is 1. The number of rotatable bonds is 15. The quantitative estimate of drug-likeness (QED) is 0.0862.